The van der Waals surface area contributed by atoms with E-state index >= 15 is 4.39 Å². The van der Waals surface area contributed by atoms with Crippen LogP contribution in [0.1, 0.15) is 72.6 Å². The molecule has 4 N–H and O–H groups in total. The summed E-state index contributed by atoms with van der Waals surface area (Å²) >= 11 is 0. The largest absolute Gasteiger partial charge is 0.366 e. The highest BCUT2D eigenvalue weighted by atomic mass is 19.1. The molecule has 0 bridgehead atoms. The number of fused-ring (bicyclic) bond motifs is 3. The van der Waals surface area contributed by atoms with Crippen LogP contribution in [-0.4, -0.2) is 22.8 Å². The van der Waals surface area contributed by atoms with Gasteiger partial charge in [0.1, 0.15) is 5.82 Å². The second-order valence-electron chi connectivity index (χ2n) is 8.08. The van der Waals surface area contributed by atoms with Gasteiger partial charge in [0, 0.05) is 22.7 Å². The molecule has 2 aliphatic carbocycles. The van der Waals surface area contributed by atoms with Crippen molar-refractivity contribution < 1.29 is 14.0 Å². The van der Waals surface area contributed by atoms with Crippen LogP contribution in [0.4, 0.5) is 4.39 Å². The van der Waals surface area contributed by atoms with Crippen LogP contribution in [0.25, 0.3) is 16.5 Å². The van der Waals surface area contributed by atoms with E-state index in [2.05, 4.69) is 22.1 Å². The Hall–Kier alpha value is -3.07. The highest BCUT2D eigenvalue weighted by molar-refractivity contribution is 6.09. The Kier molecular flexibility index (Phi) is 5.63. The SMILES string of the molecule is CC#CC(=O)NC1C=C(c2c(F)cc(C(N)=O)c3[nH]c4c(c23)CCCCC4)CCC1. The number of amides is 2. The molecule has 156 valence electrons. The van der Waals surface area contributed by atoms with Gasteiger partial charge in [-0.15, -0.1) is 0 Å². The van der Waals surface area contributed by atoms with Crippen molar-refractivity contribution in [1.29, 1.82) is 0 Å². The number of aryl methyl sites for hydroxylation is 2. The maximum absolute atomic E-state index is 15.4. The molecule has 0 aliphatic heterocycles. The molecule has 1 unspecified atom stereocenters. The molecule has 2 amide bonds. The maximum atomic E-state index is 15.4. The normalized spacial score (nSPS) is 18.6. The van der Waals surface area contributed by atoms with Crippen molar-refractivity contribution in [2.45, 2.75) is 64.3 Å². The van der Waals surface area contributed by atoms with Gasteiger partial charge in [-0.1, -0.05) is 18.4 Å². The Balaban J connectivity index is 1.88. The lowest BCUT2D eigenvalue weighted by Crippen LogP contribution is -2.33. The number of nitrogens with two attached hydrogens (primary N) is 1. The molecule has 1 atom stereocenters. The minimum Gasteiger partial charge on any atom is -0.366 e. The summed E-state index contributed by atoms with van der Waals surface area (Å²) in [6.07, 6.45) is 9.25. The standard InChI is InChI=1S/C24H26FN3O2/c1-2-7-20(29)27-15-9-6-8-14(12-15)21-18(25)13-17(24(26)30)23-22(21)16-10-4-3-5-11-19(16)28-23/h12-13,15,28H,3-6,8-11H2,1H3,(H2,26,30)(H,27,29). The Morgan fingerprint density at radius 1 is 1.20 bits per heavy atom. The summed E-state index contributed by atoms with van der Waals surface area (Å²) in [5, 5.41) is 3.67. The van der Waals surface area contributed by atoms with Gasteiger partial charge in [-0.2, -0.15) is 0 Å². The van der Waals surface area contributed by atoms with Crippen molar-refractivity contribution in [3.63, 3.8) is 0 Å². The topological polar surface area (TPSA) is 88.0 Å². The van der Waals surface area contributed by atoms with Crippen LogP contribution in [0.2, 0.25) is 0 Å². The molecule has 0 saturated heterocycles. The molecular formula is C24H26FN3O2. The quantitative estimate of drug-likeness (QED) is 0.534. The van der Waals surface area contributed by atoms with Gasteiger partial charge < -0.3 is 16.0 Å². The Morgan fingerprint density at radius 3 is 2.77 bits per heavy atom. The van der Waals surface area contributed by atoms with E-state index in [-0.39, 0.29) is 17.5 Å². The number of hydrogen-bond donors (Lipinski definition) is 3. The van der Waals surface area contributed by atoms with E-state index in [1.807, 2.05) is 6.08 Å². The molecule has 0 radical (unpaired) electrons. The second kappa shape index (κ2) is 8.35. The first-order chi connectivity index (χ1) is 14.5. The zero-order valence-electron chi connectivity index (χ0n) is 17.2. The fourth-order valence-electron chi connectivity index (χ4n) is 4.80. The molecule has 0 spiro atoms. The zero-order valence-corrected chi connectivity index (χ0v) is 17.2. The van der Waals surface area contributed by atoms with Gasteiger partial charge in [-0.05, 0) is 75.0 Å². The van der Waals surface area contributed by atoms with Crippen molar-refractivity contribution in [3.05, 3.63) is 40.3 Å². The fraction of sp³-hybridized carbons (Fsp3) is 0.417. The first kappa shape index (κ1) is 20.2. The van der Waals surface area contributed by atoms with Crippen molar-refractivity contribution >= 4 is 28.3 Å². The van der Waals surface area contributed by atoms with Crippen LogP contribution >= 0.6 is 0 Å². The third-order valence-electron chi connectivity index (χ3n) is 6.08. The number of primary amides is 1. The monoisotopic (exact) mass is 407 g/mol. The molecule has 4 rings (SSSR count). The van der Waals surface area contributed by atoms with Crippen LogP contribution in [0.15, 0.2) is 12.1 Å². The summed E-state index contributed by atoms with van der Waals surface area (Å²) in [6.45, 7) is 1.62. The van der Waals surface area contributed by atoms with Crippen LogP contribution in [0.3, 0.4) is 0 Å². The molecule has 0 saturated carbocycles. The lowest BCUT2D eigenvalue weighted by molar-refractivity contribution is -0.116. The number of benzene rings is 1. The fourth-order valence-corrected chi connectivity index (χ4v) is 4.80. The van der Waals surface area contributed by atoms with Crippen LogP contribution in [0, 0.1) is 17.7 Å². The van der Waals surface area contributed by atoms with Gasteiger partial charge >= 0.3 is 0 Å². The van der Waals surface area contributed by atoms with E-state index in [9.17, 15) is 9.59 Å². The molecular weight excluding hydrogens is 381 g/mol. The van der Waals surface area contributed by atoms with E-state index in [0.29, 0.717) is 17.5 Å². The first-order valence-corrected chi connectivity index (χ1v) is 10.6. The van der Waals surface area contributed by atoms with Gasteiger partial charge in [-0.3, -0.25) is 9.59 Å². The van der Waals surface area contributed by atoms with Crippen molar-refractivity contribution in [2.75, 3.05) is 0 Å². The number of carbonyl (C=O) groups excluding carboxylic acids is 2. The summed E-state index contributed by atoms with van der Waals surface area (Å²) < 4.78 is 15.4. The molecule has 6 heteroatoms. The molecule has 1 aromatic carbocycles. The average molecular weight is 407 g/mol. The van der Waals surface area contributed by atoms with Gasteiger partial charge in [-0.25, -0.2) is 4.39 Å². The van der Waals surface area contributed by atoms with E-state index in [0.717, 1.165) is 67.2 Å². The van der Waals surface area contributed by atoms with Gasteiger partial charge in [0.25, 0.3) is 11.8 Å². The van der Waals surface area contributed by atoms with Crippen LogP contribution in [-0.2, 0) is 17.6 Å². The summed E-state index contributed by atoms with van der Waals surface area (Å²) in [4.78, 5) is 27.3. The molecule has 5 nitrogen and oxygen atoms in total. The summed E-state index contributed by atoms with van der Waals surface area (Å²) in [6, 6.07) is 1.06. The predicted molar refractivity (Wildman–Crippen MR) is 115 cm³/mol. The number of H-pyrrole nitrogens is 1. The Labute approximate surface area is 175 Å². The molecule has 0 fully saturated rings. The minimum absolute atomic E-state index is 0.190. The van der Waals surface area contributed by atoms with Crippen molar-refractivity contribution in [3.8, 4) is 11.8 Å². The second-order valence-corrected chi connectivity index (χ2v) is 8.08. The smallest absolute Gasteiger partial charge is 0.296 e. The van der Waals surface area contributed by atoms with Crippen molar-refractivity contribution in [2.24, 2.45) is 5.73 Å². The molecule has 2 aliphatic rings. The summed E-state index contributed by atoms with van der Waals surface area (Å²) in [7, 11) is 0. The summed E-state index contributed by atoms with van der Waals surface area (Å²) in [5.74, 6) is 3.69. The van der Waals surface area contributed by atoms with Crippen LogP contribution < -0.4 is 11.1 Å². The number of halogens is 1. The maximum Gasteiger partial charge on any atom is 0.296 e. The minimum atomic E-state index is -0.636. The van der Waals surface area contributed by atoms with E-state index in [1.165, 1.54) is 6.07 Å². The van der Waals surface area contributed by atoms with E-state index in [1.54, 1.807) is 6.92 Å². The third kappa shape index (κ3) is 3.72. The average Bonchev–Trinajstić information content (AvgIpc) is 2.90. The predicted octanol–water partition coefficient (Wildman–Crippen LogP) is 3.75. The first-order valence-electron chi connectivity index (χ1n) is 10.6. The Morgan fingerprint density at radius 2 is 2.00 bits per heavy atom. The number of nitrogens with one attached hydrogen (secondary N) is 2. The summed E-state index contributed by atoms with van der Waals surface area (Å²) in [5.41, 5.74) is 9.98. The van der Waals surface area contributed by atoms with Gasteiger partial charge in [0.15, 0.2) is 0 Å². The van der Waals surface area contributed by atoms with Crippen LogP contribution in [0.5, 0.6) is 0 Å². The van der Waals surface area contributed by atoms with E-state index < -0.39 is 11.7 Å². The lowest BCUT2D eigenvalue weighted by atomic mass is 9.86. The molecule has 1 heterocycles. The molecule has 30 heavy (non-hydrogen) atoms. The number of allylic oxidation sites excluding steroid dienone is 1. The van der Waals surface area contributed by atoms with Gasteiger partial charge in [0.05, 0.1) is 11.1 Å². The zero-order chi connectivity index (χ0) is 21.3. The Bertz CT molecular complexity index is 1120. The highest BCUT2D eigenvalue weighted by Gasteiger charge is 2.27. The highest BCUT2D eigenvalue weighted by Crippen LogP contribution is 2.40. The number of carbonyl (C=O) groups is 2. The lowest BCUT2D eigenvalue weighted by Gasteiger charge is -2.23. The molecule has 2 aromatic rings. The molecule has 1 aromatic heterocycles. The third-order valence-corrected chi connectivity index (χ3v) is 6.08. The number of rotatable bonds is 3. The van der Waals surface area contributed by atoms with E-state index in [4.69, 9.17) is 5.73 Å². The number of hydrogen-bond acceptors (Lipinski definition) is 2. The van der Waals surface area contributed by atoms with Crippen molar-refractivity contribution in [1.82, 2.24) is 10.3 Å². The number of aromatic amines is 1. The van der Waals surface area contributed by atoms with Gasteiger partial charge in [0.2, 0.25) is 0 Å². The number of aromatic nitrogens is 1.